The van der Waals surface area contributed by atoms with Crippen LogP contribution in [0.3, 0.4) is 0 Å². The third-order valence-corrected chi connectivity index (χ3v) is 5.90. The molecule has 0 aliphatic rings. The maximum absolute atomic E-state index is 12.8. The Morgan fingerprint density at radius 3 is 2.49 bits per heavy atom. The SMILES string of the molecule is CCCCn1nc(OCCCCCc2cccc(OC(C)COC(=O)CC)c2)c(=O)n(CCCC)c1=O. The number of rotatable bonds is 18. The standard InChI is InChI=1S/C28H43N3O6/c1-5-8-17-30-27(33)26(29-31(28(30)34)18-9-6-2)35-19-12-10-11-14-23-15-13-16-24(20-23)37-22(4)21-36-25(32)7-3/h13,15-16,20,22H,5-12,14,17-19,21H2,1-4H3. The fourth-order valence-electron chi connectivity index (χ4n) is 3.72. The molecule has 1 atom stereocenters. The number of hydrogen-bond acceptors (Lipinski definition) is 7. The minimum atomic E-state index is -0.443. The second-order valence-corrected chi connectivity index (χ2v) is 9.25. The molecule has 2 rings (SSSR count). The maximum Gasteiger partial charge on any atom is 0.347 e. The molecule has 9 heteroatoms. The summed E-state index contributed by atoms with van der Waals surface area (Å²) in [5.41, 5.74) is 0.364. The Bertz CT molecular complexity index is 1080. The van der Waals surface area contributed by atoms with Gasteiger partial charge >= 0.3 is 17.2 Å². The molecule has 1 unspecified atom stereocenters. The summed E-state index contributed by atoms with van der Waals surface area (Å²) in [5, 5.41) is 4.21. The Morgan fingerprint density at radius 1 is 1.00 bits per heavy atom. The Labute approximate surface area is 219 Å². The Kier molecular flexibility index (Phi) is 13.5. The van der Waals surface area contributed by atoms with Crippen molar-refractivity contribution in [1.82, 2.24) is 14.3 Å². The van der Waals surface area contributed by atoms with Crippen LogP contribution in [0.25, 0.3) is 0 Å². The molecule has 0 aliphatic heterocycles. The van der Waals surface area contributed by atoms with Gasteiger partial charge in [0.2, 0.25) is 0 Å². The molecule has 0 saturated carbocycles. The first-order chi connectivity index (χ1) is 17.9. The third-order valence-electron chi connectivity index (χ3n) is 5.90. The number of carbonyl (C=O) groups excluding carboxylic acids is 1. The highest BCUT2D eigenvalue weighted by atomic mass is 16.6. The number of carbonyl (C=O) groups is 1. The van der Waals surface area contributed by atoms with Gasteiger partial charge in [0.1, 0.15) is 18.5 Å². The van der Waals surface area contributed by atoms with Gasteiger partial charge < -0.3 is 14.2 Å². The monoisotopic (exact) mass is 517 g/mol. The van der Waals surface area contributed by atoms with E-state index in [1.54, 1.807) is 6.92 Å². The van der Waals surface area contributed by atoms with Gasteiger partial charge in [0.05, 0.1) is 6.61 Å². The number of nitrogens with zero attached hydrogens (tertiary/aromatic N) is 3. The van der Waals surface area contributed by atoms with Crippen LogP contribution in [0.5, 0.6) is 11.6 Å². The highest BCUT2D eigenvalue weighted by Crippen LogP contribution is 2.17. The van der Waals surface area contributed by atoms with Crippen LogP contribution in [-0.4, -0.2) is 39.6 Å². The topological polar surface area (TPSA) is 102 Å². The Morgan fingerprint density at radius 2 is 1.76 bits per heavy atom. The van der Waals surface area contributed by atoms with Gasteiger partial charge in [-0.05, 0) is 63.1 Å². The van der Waals surface area contributed by atoms with E-state index in [9.17, 15) is 14.4 Å². The Hall–Kier alpha value is -3.10. The number of esters is 1. The molecule has 1 aromatic carbocycles. The van der Waals surface area contributed by atoms with Gasteiger partial charge in [-0.3, -0.25) is 14.2 Å². The molecule has 9 nitrogen and oxygen atoms in total. The first-order valence-electron chi connectivity index (χ1n) is 13.7. The normalized spacial score (nSPS) is 11.8. The molecule has 0 N–H and O–H groups in total. The highest BCUT2D eigenvalue weighted by Gasteiger charge is 2.14. The zero-order valence-corrected chi connectivity index (χ0v) is 22.9. The van der Waals surface area contributed by atoms with E-state index < -0.39 is 5.56 Å². The van der Waals surface area contributed by atoms with Crippen molar-refractivity contribution in [2.75, 3.05) is 13.2 Å². The second-order valence-electron chi connectivity index (χ2n) is 9.25. The molecule has 206 valence electrons. The van der Waals surface area contributed by atoms with Crippen LogP contribution in [-0.2, 0) is 29.0 Å². The number of hydrogen-bond donors (Lipinski definition) is 0. The van der Waals surface area contributed by atoms with Crippen molar-refractivity contribution in [2.45, 2.75) is 105 Å². The van der Waals surface area contributed by atoms with Gasteiger partial charge in [0.25, 0.3) is 5.88 Å². The maximum atomic E-state index is 12.8. The zero-order chi connectivity index (χ0) is 27.0. The molecular formula is C28H43N3O6. The molecule has 0 radical (unpaired) electrons. The quantitative estimate of drug-likeness (QED) is 0.212. The van der Waals surface area contributed by atoms with Crippen molar-refractivity contribution in [1.29, 1.82) is 0 Å². The molecule has 0 saturated heterocycles. The number of ether oxygens (including phenoxy) is 3. The van der Waals surface area contributed by atoms with E-state index in [1.165, 1.54) is 14.8 Å². The lowest BCUT2D eigenvalue weighted by Gasteiger charge is -2.15. The third kappa shape index (κ3) is 10.4. The second kappa shape index (κ2) is 16.6. The first kappa shape index (κ1) is 30.1. The molecule has 1 heterocycles. The number of benzene rings is 1. The molecule has 0 fully saturated rings. The average molecular weight is 518 g/mol. The van der Waals surface area contributed by atoms with E-state index in [0.29, 0.717) is 26.1 Å². The van der Waals surface area contributed by atoms with E-state index in [2.05, 4.69) is 11.2 Å². The van der Waals surface area contributed by atoms with Crippen LogP contribution in [0, 0.1) is 0 Å². The summed E-state index contributed by atoms with van der Waals surface area (Å²) in [6.07, 6.45) is 7.07. The summed E-state index contributed by atoms with van der Waals surface area (Å²) in [5.74, 6) is 0.532. The molecule has 37 heavy (non-hydrogen) atoms. The molecule has 0 aliphatic carbocycles. The van der Waals surface area contributed by atoms with Crippen LogP contribution >= 0.6 is 0 Å². The fraction of sp³-hybridized carbons (Fsp3) is 0.643. The van der Waals surface area contributed by atoms with Crippen LogP contribution in [0.4, 0.5) is 0 Å². The smallest absolute Gasteiger partial charge is 0.347 e. The molecule has 2 aromatic rings. The summed E-state index contributed by atoms with van der Waals surface area (Å²) < 4.78 is 19.4. The van der Waals surface area contributed by atoms with E-state index >= 15 is 0 Å². The van der Waals surface area contributed by atoms with E-state index in [0.717, 1.165) is 57.1 Å². The number of unbranched alkanes of at least 4 members (excludes halogenated alkanes) is 4. The summed E-state index contributed by atoms with van der Waals surface area (Å²) in [7, 11) is 0. The predicted octanol–water partition coefficient (Wildman–Crippen LogP) is 4.52. The van der Waals surface area contributed by atoms with Crippen LogP contribution < -0.4 is 20.7 Å². The van der Waals surface area contributed by atoms with Gasteiger partial charge in [0.15, 0.2) is 0 Å². The van der Waals surface area contributed by atoms with Gasteiger partial charge in [-0.2, -0.15) is 0 Å². The van der Waals surface area contributed by atoms with Gasteiger partial charge in [-0.1, -0.05) is 45.7 Å². The minimum Gasteiger partial charge on any atom is -0.487 e. The molecule has 0 spiro atoms. The minimum absolute atomic E-state index is 0.00962. The largest absolute Gasteiger partial charge is 0.487 e. The summed E-state index contributed by atoms with van der Waals surface area (Å²) in [6.45, 7) is 9.17. The highest BCUT2D eigenvalue weighted by molar-refractivity contribution is 5.68. The number of aryl methyl sites for hydroxylation is 2. The van der Waals surface area contributed by atoms with Crippen molar-refractivity contribution >= 4 is 5.97 Å². The van der Waals surface area contributed by atoms with Crippen molar-refractivity contribution in [3.63, 3.8) is 0 Å². The summed E-state index contributed by atoms with van der Waals surface area (Å²) >= 11 is 0. The van der Waals surface area contributed by atoms with Crippen LogP contribution in [0.15, 0.2) is 33.9 Å². The van der Waals surface area contributed by atoms with Crippen LogP contribution in [0.2, 0.25) is 0 Å². The zero-order valence-electron chi connectivity index (χ0n) is 22.9. The van der Waals surface area contributed by atoms with E-state index in [1.807, 2.05) is 39.0 Å². The molecule has 1 aromatic heterocycles. The van der Waals surface area contributed by atoms with Crippen molar-refractivity contribution < 1.29 is 19.0 Å². The summed E-state index contributed by atoms with van der Waals surface area (Å²) in [6, 6.07) is 7.93. The predicted molar refractivity (Wildman–Crippen MR) is 143 cm³/mol. The number of aromatic nitrogens is 3. The van der Waals surface area contributed by atoms with Crippen molar-refractivity contribution in [3.05, 3.63) is 50.7 Å². The summed E-state index contributed by atoms with van der Waals surface area (Å²) in [4.78, 5) is 36.7. The average Bonchev–Trinajstić information content (AvgIpc) is 2.89. The lowest BCUT2D eigenvalue weighted by atomic mass is 10.1. The lowest BCUT2D eigenvalue weighted by molar-refractivity contribution is -0.145. The lowest BCUT2D eigenvalue weighted by Crippen LogP contribution is -2.42. The van der Waals surface area contributed by atoms with Crippen molar-refractivity contribution in [3.8, 4) is 11.6 Å². The van der Waals surface area contributed by atoms with Gasteiger partial charge in [-0.25, -0.2) is 9.48 Å². The molecular weight excluding hydrogens is 474 g/mol. The van der Waals surface area contributed by atoms with E-state index in [4.69, 9.17) is 14.2 Å². The van der Waals surface area contributed by atoms with Gasteiger partial charge in [-0.15, -0.1) is 5.10 Å². The fourth-order valence-corrected chi connectivity index (χ4v) is 3.72. The first-order valence-corrected chi connectivity index (χ1v) is 13.7. The van der Waals surface area contributed by atoms with Gasteiger partial charge in [0, 0.05) is 19.5 Å². The molecule has 0 amide bonds. The molecule has 0 bridgehead atoms. The van der Waals surface area contributed by atoms with Crippen molar-refractivity contribution in [2.24, 2.45) is 0 Å². The van der Waals surface area contributed by atoms with E-state index in [-0.39, 0.29) is 30.2 Å². The van der Waals surface area contributed by atoms with Crippen LogP contribution in [0.1, 0.15) is 84.6 Å². The Balaban J connectivity index is 1.83.